The molecule has 0 unspecified atom stereocenters. The van der Waals surface area contributed by atoms with Gasteiger partial charge in [0.2, 0.25) is 10.0 Å². The van der Waals surface area contributed by atoms with Crippen LogP contribution in [-0.2, 0) is 10.0 Å². The van der Waals surface area contributed by atoms with E-state index in [1.54, 1.807) is 0 Å². The van der Waals surface area contributed by atoms with Gasteiger partial charge in [-0.15, -0.1) is 0 Å². The van der Waals surface area contributed by atoms with Crippen molar-refractivity contribution in [1.29, 1.82) is 0 Å². The van der Waals surface area contributed by atoms with Crippen LogP contribution in [0.25, 0.3) is 0 Å². The zero-order valence-electron chi connectivity index (χ0n) is 10.4. The van der Waals surface area contributed by atoms with Crippen molar-refractivity contribution in [2.45, 2.75) is 46.6 Å². The van der Waals surface area contributed by atoms with Crippen LogP contribution in [0.15, 0.2) is 0 Å². The fraction of sp³-hybridized carbons (Fsp3) is 1.00. The summed E-state index contributed by atoms with van der Waals surface area (Å²) in [5.41, 5.74) is 0.154. The number of sulfonamides is 1. The zero-order valence-corrected chi connectivity index (χ0v) is 11.2. The molecule has 92 valence electrons. The Balaban J connectivity index is 4.06. The van der Waals surface area contributed by atoms with Crippen LogP contribution in [0.3, 0.4) is 0 Å². The van der Waals surface area contributed by atoms with E-state index < -0.39 is 10.0 Å². The van der Waals surface area contributed by atoms with Gasteiger partial charge in [0.05, 0.1) is 5.75 Å². The number of hydrogen-bond donors (Lipinski definition) is 2. The molecule has 0 aromatic carbocycles. The molecule has 3 N–H and O–H groups in total. The lowest BCUT2D eigenvalue weighted by Gasteiger charge is -2.33. The van der Waals surface area contributed by atoms with Crippen LogP contribution in [0.1, 0.15) is 41.0 Å². The first-order valence-electron chi connectivity index (χ1n) is 5.17. The third kappa shape index (κ3) is 10.2. The zero-order chi connectivity index (χ0) is 12.3. The van der Waals surface area contributed by atoms with Crippen LogP contribution in [0.4, 0.5) is 0 Å². The van der Waals surface area contributed by atoms with Gasteiger partial charge in [-0.25, -0.2) is 13.6 Å². The molecule has 0 bridgehead atoms. The normalized spacial score (nSPS) is 14.3. The molecule has 15 heavy (non-hydrogen) atoms. The SMILES string of the molecule is CC(C)(C)CC(C)(C)NCCS(N)(=O)=O. The summed E-state index contributed by atoms with van der Waals surface area (Å²) in [6.45, 7) is 11.0. The predicted molar refractivity (Wildman–Crippen MR) is 64.1 cm³/mol. The Kier molecular flexibility index (Phi) is 4.76. The van der Waals surface area contributed by atoms with Gasteiger partial charge in [0, 0.05) is 12.1 Å². The van der Waals surface area contributed by atoms with Gasteiger partial charge in [-0.2, -0.15) is 0 Å². The summed E-state index contributed by atoms with van der Waals surface area (Å²) in [4.78, 5) is 0. The molecular weight excluding hydrogens is 212 g/mol. The molecule has 0 aliphatic rings. The molecule has 0 saturated carbocycles. The second-order valence-corrected chi connectivity index (χ2v) is 7.65. The second-order valence-electron chi connectivity index (χ2n) is 5.92. The van der Waals surface area contributed by atoms with Crippen molar-refractivity contribution in [3.8, 4) is 0 Å². The average Bonchev–Trinajstić information content (AvgIpc) is 1.75. The molecule has 0 atom stereocenters. The molecule has 0 spiro atoms. The van der Waals surface area contributed by atoms with Crippen molar-refractivity contribution >= 4 is 10.0 Å². The third-order valence-electron chi connectivity index (χ3n) is 1.96. The molecule has 0 radical (unpaired) electrons. The number of nitrogens with one attached hydrogen (secondary N) is 1. The minimum Gasteiger partial charge on any atom is -0.311 e. The second kappa shape index (κ2) is 4.80. The minimum atomic E-state index is -3.35. The summed E-state index contributed by atoms with van der Waals surface area (Å²) in [5.74, 6) is -0.0133. The Morgan fingerprint density at radius 1 is 1.13 bits per heavy atom. The first-order chi connectivity index (χ1) is 6.41. The van der Waals surface area contributed by atoms with Crippen molar-refractivity contribution < 1.29 is 8.42 Å². The quantitative estimate of drug-likeness (QED) is 0.750. The van der Waals surface area contributed by atoms with E-state index in [2.05, 4.69) is 39.9 Å². The lowest BCUT2D eigenvalue weighted by molar-refractivity contribution is 0.246. The monoisotopic (exact) mass is 236 g/mol. The van der Waals surface area contributed by atoms with Crippen LogP contribution in [-0.4, -0.2) is 26.3 Å². The van der Waals surface area contributed by atoms with Crippen molar-refractivity contribution in [3.63, 3.8) is 0 Å². The van der Waals surface area contributed by atoms with Gasteiger partial charge in [-0.05, 0) is 25.7 Å². The van der Waals surface area contributed by atoms with Gasteiger partial charge >= 0.3 is 0 Å². The molecule has 0 saturated heterocycles. The maximum atomic E-state index is 10.7. The van der Waals surface area contributed by atoms with E-state index in [4.69, 9.17) is 5.14 Å². The Morgan fingerprint density at radius 3 is 1.93 bits per heavy atom. The molecule has 4 nitrogen and oxygen atoms in total. The third-order valence-corrected chi connectivity index (χ3v) is 2.74. The summed E-state index contributed by atoms with van der Waals surface area (Å²) in [6.07, 6.45) is 0.977. The first-order valence-corrected chi connectivity index (χ1v) is 6.88. The van der Waals surface area contributed by atoms with Crippen molar-refractivity contribution in [2.75, 3.05) is 12.3 Å². The molecule has 0 heterocycles. The smallest absolute Gasteiger partial charge is 0.210 e. The summed E-state index contributed by atoms with van der Waals surface area (Å²) >= 11 is 0. The maximum absolute atomic E-state index is 10.7. The molecule has 5 heteroatoms. The molecule has 0 fully saturated rings. The van der Waals surface area contributed by atoms with E-state index in [-0.39, 0.29) is 16.7 Å². The molecular formula is C10H24N2O2S. The highest BCUT2D eigenvalue weighted by Gasteiger charge is 2.24. The largest absolute Gasteiger partial charge is 0.311 e. The Morgan fingerprint density at radius 2 is 1.60 bits per heavy atom. The average molecular weight is 236 g/mol. The molecule has 0 aromatic heterocycles. The Bertz CT molecular complexity index is 289. The van der Waals surface area contributed by atoms with E-state index in [9.17, 15) is 8.42 Å². The fourth-order valence-electron chi connectivity index (χ4n) is 1.92. The van der Waals surface area contributed by atoms with Gasteiger partial charge in [0.1, 0.15) is 0 Å². The molecule has 0 aromatic rings. The summed E-state index contributed by atoms with van der Waals surface area (Å²) in [6, 6.07) is 0. The Hall–Kier alpha value is -0.130. The fourth-order valence-corrected chi connectivity index (χ4v) is 2.31. The maximum Gasteiger partial charge on any atom is 0.210 e. The minimum absolute atomic E-state index is 0.0133. The predicted octanol–water partition coefficient (Wildman–Crippen LogP) is 1.08. The van der Waals surface area contributed by atoms with E-state index >= 15 is 0 Å². The van der Waals surface area contributed by atoms with Crippen molar-refractivity contribution in [1.82, 2.24) is 5.32 Å². The molecule has 0 aliphatic heterocycles. The number of hydrogen-bond acceptors (Lipinski definition) is 3. The van der Waals surface area contributed by atoms with Crippen LogP contribution in [0.5, 0.6) is 0 Å². The van der Waals surface area contributed by atoms with Gasteiger partial charge in [-0.3, -0.25) is 0 Å². The topological polar surface area (TPSA) is 72.2 Å². The number of nitrogens with two attached hydrogens (primary N) is 1. The highest BCUT2D eigenvalue weighted by Crippen LogP contribution is 2.26. The van der Waals surface area contributed by atoms with Gasteiger partial charge < -0.3 is 5.32 Å². The van der Waals surface area contributed by atoms with Crippen LogP contribution in [0, 0.1) is 5.41 Å². The molecule has 0 amide bonds. The molecule has 0 rings (SSSR count). The summed E-state index contributed by atoms with van der Waals surface area (Å²) < 4.78 is 21.5. The van der Waals surface area contributed by atoms with Gasteiger partial charge in [0.25, 0.3) is 0 Å². The van der Waals surface area contributed by atoms with Crippen molar-refractivity contribution in [3.05, 3.63) is 0 Å². The number of primary sulfonamides is 1. The van der Waals surface area contributed by atoms with Gasteiger partial charge in [0.15, 0.2) is 0 Å². The summed E-state index contributed by atoms with van der Waals surface area (Å²) in [5, 5.41) is 8.14. The van der Waals surface area contributed by atoms with Crippen LogP contribution >= 0.6 is 0 Å². The van der Waals surface area contributed by atoms with E-state index in [1.807, 2.05) is 0 Å². The van der Waals surface area contributed by atoms with Crippen LogP contribution in [0.2, 0.25) is 0 Å². The standard InChI is InChI=1S/C10H24N2O2S/c1-9(2,3)8-10(4,5)12-6-7-15(11,13)14/h12H,6-8H2,1-5H3,(H2,11,13,14). The van der Waals surface area contributed by atoms with E-state index in [0.717, 1.165) is 6.42 Å². The summed E-state index contributed by atoms with van der Waals surface area (Å²) in [7, 11) is -3.35. The van der Waals surface area contributed by atoms with Crippen molar-refractivity contribution in [2.24, 2.45) is 10.6 Å². The molecule has 0 aliphatic carbocycles. The van der Waals surface area contributed by atoms with E-state index in [1.165, 1.54) is 0 Å². The Labute approximate surface area is 93.7 Å². The lowest BCUT2D eigenvalue weighted by Crippen LogP contribution is -2.44. The number of rotatable bonds is 5. The first kappa shape index (κ1) is 14.9. The highest BCUT2D eigenvalue weighted by molar-refractivity contribution is 7.89. The van der Waals surface area contributed by atoms with Gasteiger partial charge in [-0.1, -0.05) is 20.8 Å². The lowest BCUT2D eigenvalue weighted by atomic mass is 9.82. The highest BCUT2D eigenvalue weighted by atomic mass is 32.2. The van der Waals surface area contributed by atoms with E-state index in [0.29, 0.717) is 6.54 Å². The van der Waals surface area contributed by atoms with Crippen LogP contribution < -0.4 is 10.5 Å².